The van der Waals surface area contributed by atoms with Crippen molar-refractivity contribution in [1.29, 1.82) is 0 Å². The Kier molecular flexibility index (Phi) is 5.54. The first-order valence-electron chi connectivity index (χ1n) is 8.00. The minimum absolute atomic E-state index is 0.168. The van der Waals surface area contributed by atoms with Gasteiger partial charge in [0.25, 0.3) is 5.91 Å². The van der Waals surface area contributed by atoms with Crippen LogP contribution < -0.4 is 5.32 Å². The Morgan fingerprint density at radius 3 is 2.50 bits per heavy atom. The number of hydrogen-bond acceptors (Lipinski definition) is 4. The van der Waals surface area contributed by atoms with Crippen LogP contribution in [-0.2, 0) is 19.9 Å². The number of imide groups is 1. The van der Waals surface area contributed by atoms with Crippen LogP contribution in [0.1, 0.15) is 38.7 Å². The Labute approximate surface area is 140 Å². The molecule has 130 valence electrons. The van der Waals surface area contributed by atoms with Crippen molar-refractivity contribution in [2.45, 2.75) is 38.6 Å². The molecule has 0 radical (unpaired) electrons. The van der Waals surface area contributed by atoms with Gasteiger partial charge in [0.2, 0.25) is 0 Å². The molecule has 3 amide bonds. The summed E-state index contributed by atoms with van der Waals surface area (Å²) in [5.74, 6) is -1.59. The highest BCUT2D eigenvalue weighted by Gasteiger charge is 2.52. The van der Waals surface area contributed by atoms with Gasteiger partial charge in [0, 0.05) is 0 Å². The van der Waals surface area contributed by atoms with Gasteiger partial charge < -0.3 is 10.1 Å². The molecule has 1 atom stereocenters. The number of ether oxygens (including phenoxy) is 1. The first-order valence-corrected chi connectivity index (χ1v) is 8.00. The molecule has 1 aliphatic heterocycles. The summed E-state index contributed by atoms with van der Waals surface area (Å²) in [6, 6.07) is 4.81. The Bertz CT molecular complexity index is 632. The van der Waals surface area contributed by atoms with E-state index >= 15 is 0 Å². The molecular formula is C17H21FN2O4. The van der Waals surface area contributed by atoms with Crippen LogP contribution in [0, 0.1) is 5.82 Å². The maximum Gasteiger partial charge on any atom is 0.326 e. The van der Waals surface area contributed by atoms with Crippen LogP contribution >= 0.6 is 0 Å². The minimum atomic E-state index is -1.27. The lowest BCUT2D eigenvalue weighted by Crippen LogP contribution is -2.44. The molecule has 7 heteroatoms. The standard InChI is InChI=1S/C17H21FN2O4/c1-3-5-10-17(12-6-8-13(18)9-7-12)15(22)20(16(23)19-17)11-14(21)24-4-2/h6-9H,3-5,10-11H2,1-2H3,(H,19,23)/t17-/m0/s1. The molecule has 0 aromatic heterocycles. The van der Waals surface area contributed by atoms with E-state index in [1.165, 1.54) is 24.3 Å². The Morgan fingerprint density at radius 2 is 1.92 bits per heavy atom. The molecule has 1 N–H and O–H groups in total. The van der Waals surface area contributed by atoms with Crippen LogP contribution in [0.25, 0.3) is 0 Å². The summed E-state index contributed by atoms with van der Waals surface area (Å²) >= 11 is 0. The fourth-order valence-electron chi connectivity index (χ4n) is 2.79. The summed E-state index contributed by atoms with van der Waals surface area (Å²) in [6.07, 6.45) is 1.89. The molecule has 0 unspecified atom stereocenters. The lowest BCUT2D eigenvalue weighted by molar-refractivity contribution is -0.147. The van der Waals surface area contributed by atoms with E-state index in [-0.39, 0.29) is 6.61 Å². The third-order valence-electron chi connectivity index (χ3n) is 4.01. The van der Waals surface area contributed by atoms with Crippen LogP contribution in [0.3, 0.4) is 0 Å². The van der Waals surface area contributed by atoms with Gasteiger partial charge in [0.15, 0.2) is 0 Å². The molecule has 0 aliphatic carbocycles. The zero-order valence-electron chi connectivity index (χ0n) is 13.8. The molecule has 2 rings (SSSR count). The number of nitrogens with one attached hydrogen (secondary N) is 1. The smallest absolute Gasteiger partial charge is 0.326 e. The molecule has 1 saturated heterocycles. The minimum Gasteiger partial charge on any atom is -0.465 e. The molecule has 1 heterocycles. The van der Waals surface area contributed by atoms with Gasteiger partial charge in [-0.1, -0.05) is 31.9 Å². The number of nitrogens with zero attached hydrogens (tertiary/aromatic N) is 1. The predicted molar refractivity (Wildman–Crippen MR) is 84.5 cm³/mol. The number of halogens is 1. The molecule has 1 fully saturated rings. The fraction of sp³-hybridized carbons (Fsp3) is 0.471. The van der Waals surface area contributed by atoms with Crippen molar-refractivity contribution in [1.82, 2.24) is 10.2 Å². The summed E-state index contributed by atoms with van der Waals surface area (Å²) < 4.78 is 18.0. The number of benzene rings is 1. The van der Waals surface area contributed by atoms with Crippen LogP contribution in [0.5, 0.6) is 0 Å². The average molecular weight is 336 g/mol. The number of urea groups is 1. The number of carbonyl (C=O) groups excluding carboxylic acids is 3. The second-order valence-electron chi connectivity index (χ2n) is 5.64. The highest BCUT2D eigenvalue weighted by molar-refractivity contribution is 6.09. The Hall–Kier alpha value is -2.44. The number of carbonyl (C=O) groups is 3. The van der Waals surface area contributed by atoms with Crippen molar-refractivity contribution in [3.8, 4) is 0 Å². The van der Waals surface area contributed by atoms with E-state index in [4.69, 9.17) is 4.74 Å². The lowest BCUT2D eigenvalue weighted by Gasteiger charge is -2.27. The van der Waals surface area contributed by atoms with Crippen LogP contribution in [0.2, 0.25) is 0 Å². The highest BCUT2D eigenvalue weighted by atomic mass is 19.1. The zero-order chi connectivity index (χ0) is 17.7. The maximum atomic E-state index is 13.2. The fourth-order valence-corrected chi connectivity index (χ4v) is 2.79. The van der Waals surface area contributed by atoms with E-state index in [2.05, 4.69) is 5.32 Å². The van der Waals surface area contributed by atoms with Crippen LogP contribution in [-0.4, -0.2) is 36.0 Å². The topological polar surface area (TPSA) is 75.7 Å². The predicted octanol–water partition coefficient (Wildman–Crippen LogP) is 2.33. The molecule has 24 heavy (non-hydrogen) atoms. The monoisotopic (exact) mass is 336 g/mol. The Morgan fingerprint density at radius 1 is 1.25 bits per heavy atom. The molecule has 6 nitrogen and oxygen atoms in total. The number of rotatable bonds is 7. The van der Waals surface area contributed by atoms with Crippen LogP contribution in [0.15, 0.2) is 24.3 Å². The van der Waals surface area contributed by atoms with Gasteiger partial charge in [-0.05, 0) is 31.0 Å². The normalized spacial score (nSPS) is 20.2. The van der Waals surface area contributed by atoms with Crippen molar-refractivity contribution < 1.29 is 23.5 Å². The summed E-state index contributed by atoms with van der Waals surface area (Å²) in [7, 11) is 0. The van der Waals surface area contributed by atoms with E-state index in [0.29, 0.717) is 18.4 Å². The first-order chi connectivity index (χ1) is 11.4. The molecular weight excluding hydrogens is 315 g/mol. The third-order valence-corrected chi connectivity index (χ3v) is 4.01. The second-order valence-corrected chi connectivity index (χ2v) is 5.64. The van der Waals surface area contributed by atoms with Crippen molar-refractivity contribution in [3.05, 3.63) is 35.6 Å². The van der Waals surface area contributed by atoms with Gasteiger partial charge in [0.05, 0.1) is 6.61 Å². The number of esters is 1. The van der Waals surface area contributed by atoms with Gasteiger partial charge in [-0.3, -0.25) is 14.5 Å². The summed E-state index contributed by atoms with van der Waals surface area (Å²) in [5, 5.41) is 2.69. The quantitative estimate of drug-likeness (QED) is 0.612. The van der Waals surface area contributed by atoms with Crippen molar-refractivity contribution in [2.75, 3.05) is 13.2 Å². The van der Waals surface area contributed by atoms with Gasteiger partial charge >= 0.3 is 12.0 Å². The summed E-state index contributed by atoms with van der Waals surface area (Å²) in [5.41, 5.74) is -0.769. The van der Waals surface area contributed by atoms with Gasteiger partial charge in [-0.25, -0.2) is 9.18 Å². The largest absolute Gasteiger partial charge is 0.465 e. The van der Waals surface area contributed by atoms with E-state index in [1.807, 2.05) is 6.92 Å². The van der Waals surface area contributed by atoms with Gasteiger partial charge in [-0.15, -0.1) is 0 Å². The van der Waals surface area contributed by atoms with E-state index in [1.54, 1.807) is 6.92 Å². The van der Waals surface area contributed by atoms with E-state index in [0.717, 1.165) is 11.3 Å². The highest BCUT2D eigenvalue weighted by Crippen LogP contribution is 2.34. The lowest BCUT2D eigenvalue weighted by atomic mass is 9.85. The molecule has 1 aromatic rings. The molecule has 0 bridgehead atoms. The zero-order valence-corrected chi connectivity index (χ0v) is 13.8. The van der Waals surface area contributed by atoms with Crippen LogP contribution in [0.4, 0.5) is 9.18 Å². The number of unbranched alkanes of at least 4 members (excludes halogenated alkanes) is 1. The van der Waals surface area contributed by atoms with E-state index in [9.17, 15) is 18.8 Å². The first kappa shape index (κ1) is 17.9. The molecule has 1 aliphatic rings. The Balaban J connectivity index is 2.34. The molecule has 0 spiro atoms. The van der Waals surface area contributed by atoms with E-state index < -0.39 is 35.8 Å². The molecule has 0 saturated carbocycles. The van der Waals surface area contributed by atoms with Crippen molar-refractivity contribution in [2.24, 2.45) is 0 Å². The number of amides is 3. The molecule has 1 aromatic carbocycles. The van der Waals surface area contributed by atoms with Crippen molar-refractivity contribution >= 4 is 17.9 Å². The van der Waals surface area contributed by atoms with Gasteiger partial charge in [0.1, 0.15) is 17.9 Å². The summed E-state index contributed by atoms with van der Waals surface area (Å²) in [4.78, 5) is 37.7. The number of hydrogen-bond donors (Lipinski definition) is 1. The van der Waals surface area contributed by atoms with Crippen molar-refractivity contribution in [3.63, 3.8) is 0 Å². The average Bonchev–Trinajstić information content (AvgIpc) is 2.79. The third kappa shape index (κ3) is 3.39. The SMILES string of the molecule is CCCC[C@@]1(c2ccc(F)cc2)NC(=O)N(CC(=O)OCC)C1=O. The second kappa shape index (κ2) is 7.42. The summed E-state index contributed by atoms with van der Waals surface area (Å²) in [6.45, 7) is 3.35. The van der Waals surface area contributed by atoms with Gasteiger partial charge in [-0.2, -0.15) is 0 Å². The maximum absolute atomic E-state index is 13.2.